The van der Waals surface area contributed by atoms with E-state index in [0.29, 0.717) is 11.4 Å². The Kier molecular flexibility index (Phi) is 3.56. The Bertz CT molecular complexity index is 403. The molecule has 17 heavy (non-hydrogen) atoms. The van der Waals surface area contributed by atoms with Crippen LogP contribution in [-0.4, -0.2) is 23.1 Å². The van der Waals surface area contributed by atoms with Gasteiger partial charge < -0.3 is 10.6 Å². The van der Waals surface area contributed by atoms with Crippen molar-refractivity contribution in [2.75, 3.05) is 23.7 Å². The van der Waals surface area contributed by atoms with Crippen molar-refractivity contribution >= 4 is 27.7 Å². The Balaban J connectivity index is 2.23. The van der Waals surface area contributed by atoms with E-state index in [0.717, 1.165) is 23.4 Å². The van der Waals surface area contributed by atoms with Crippen LogP contribution in [0.1, 0.15) is 33.1 Å². The van der Waals surface area contributed by atoms with E-state index in [2.05, 4.69) is 44.6 Å². The molecule has 4 nitrogen and oxygen atoms in total. The fraction of sp³-hybridized carbons (Fsp3) is 0.667. The lowest BCUT2D eigenvalue weighted by Gasteiger charge is -2.27. The van der Waals surface area contributed by atoms with E-state index in [1.54, 1.807) is 6.20 Å². The van der Waals surface area contributed by atoms with Gasteiger partial charge in [-0.1, -0.05) is 13.8 Å². The van der Waals surface area contributed by atoms with E-state index in [-0.39, 0.29) is 0 Å². The molecule has 0 aromatic carbocycles. The lowest BCUT2D eigenvalue weighted by Crippen LogP contribution is -2.27. The second-order valence-corrected chi connectivity index (χ2v) is 5.63. The molecule has 1 aliphatic rings. The van der Waals surface area contributed by atoms with Crippen LogP contribution in [0, 0.1) is 5.41 Å². The summed E-state index contributed by atoms with van der Waals surface area (Å²) in [5.74, 6) is 1.27. The highest BCUT2D eigenvalue weighted by atomic mass is 79.9. The molecule has 1 aliphatic heterocycles. The normalized spacial score (nSPS) is 18.6. The van der Waals surface area contributed by atoms with E-state index in [9.17, 15) is 0 Å². The van der Waals surface area contributed by atoms with Gasteiger partial charge in [0.2, 0.25) is 5.95 Å². The van der Waals surface area contributed by atoms with Gasteiger partial charge in [-0.15, -0.1) is 0 Å². The monoisotopic (exact) mass is 298 g/mol. The smallest absolute Gasteiger partial charge is 0.222 e. The highest BCUT2D eigenvalue weighted by Crippen LogP contribution is 2.40. The van der Waals surface area contributed by atoms with Crippen molar-refractivity contribution in [3.05, 3.63) is 10.7 Å². The highest BCUT2D eigenvalue weighted by molar-refractivity contribution is 9.10. The van der Waals surface area contributed by atoms with Gasteiger partial charge in [0.05, 0.1) is 4.47 Å². The third-order valence-corrected chi connectivity index (χ3v) is 4.54. The number of hydrogen-bond acceptors (Lipinski definition) is 4. The molecule has 0 unspecified atom stereocenters. The number of rotatable bonds is 3. The summed E-state index contributed by atoms with van der Waals surface area (Å²) in [7, 11) is 0. The van der Waals surface area contributed by atoms with Crippen LogP contribution in [0.5, 0.6) is 0 Å². The predicted molar refractivity (Wildman–Crippen MR) is 74.0 cm³/mol. The summed E-state index contributed by atoms with van der Waals surface area (Å²) in [6.07, 6.45) is 5.41. The van der Waals surface area contributed by atoms with Gasteiger partial charge in [0.25, 0.3) is 0 Å². The Hall–Kier alpha value is -0.840. The van der Waals surface area contributed by atoms with Gasteiger partial charge in [0, 0.05) is 19.3 Å². The minimum Gasteiger partial charge on any atom is -0.368 e. The van der Waals surface area contributed by atoms with Gasteiger partial charge in [-0.3, -0.25) is 0 Å². The number of nitrogen functional groups attached to an aromatic ring is 1. The van der Waals surface area contributed by atoms with Crippen molar-refractivity contribution in [2.24, 2.45) is 5.41 Å². The third-order valence-electron chi connectivity index (χ3n) is 3.98. The van der Waals surface area contributed by atoms with Gasteiger partial charge >= 0.3 is 0 Å². The maximum absolute atomic E-state index is 5.66. The van der Waals surface area contributed by atoms with Crippen molar-refractivity contribution < 1.29 is 0 Å². The lowest BCUT2D eigenvalue weighted by molar-refractivity contribution is 0.301. The number of nitrogens with zero attached hydrogens (tertiary/aromatic N) is 3. The molecule has 0 amide bonds. The molecular formula is C12H19BrN4. The van der Waals surface area contributed by atoms with E-state index in [4.69, 9.17) is 5.73 Å². The molecular weight excluding hydrogens is 280 g/mol. The van der Waals surface area contributed by atoms with E-state index in [1.807, 2.05) is 0 Å². The Morgan fingerprint density at radius 3 is 2.76 bits per heavy atom. The molecule has 2 rings (SSSR count). The fourth-order valence-corrected chi connectivity index (χ4v) is 2.98. The Labute approximate surface area is 111 Å². The standard InChI is InChI=1S/C12H19BrN4/c1-3-12(4-2)5-6-17(8-12)10-9(13)7-15-11(14)16-10/h7H,3-6,8H2,1-2H3,(H2,14,15,16). The quantitative estimate of drug-likeness (QED) is 0.932. The van der Waals surface area contributed by atoms with Crippen LogP contribution in [0.15, 0.2) is 10.7 Å². The Morgan fingerprint density at radius 1 is 1.47 bits per heavy atom. The molecule has 0 aliphatic carbocycles. The molecule has 1 aromatic rings. The zero-order valence-electron chi connectivity index (χ0n) is 10.4. The van der Waals surface area contributed by atoms with Gasteiger partial charge in [0.1, 0.15) is 5.82 Å². The predicted octanol–water partition coefficient (Wildman–Crippen LogP) is 2.84. The summed E-state index contributed by atoms with van der Waals surface area (Å²) in [6.45, 7) is 6.67. The summed E-state index contributed by atoms with van der Waals surface area (Å²) in [4.78, 5) is 10.6. The zero-order valence-corrected chi connectivity index (χ0v) is 12.0. The van der Waals surface area contributed by atoms with Crippen LogP contribution in [-0.2, 0) is 0 Å². The first-order valence-corrected chi connectivity index (χ1v) is 6.92. The van der Waals surface area contributed by atoms with E-state index >= 15 is 0 Å². The third kappa shape index (κ3) is 2.39. The Morgan fingerprint density at radius 2 is 2.18 bits per heavy atom. The van der Waals surface area contributed by atoms with Gasteiger partial charge in [-0.25, -0.2) is 4.98 Å². The first kappa shape index (κ1) is 12.6. The number of aromatic nitrogens is 2. The molecule has 1 aromatic heterocycles. The maximum atomic E-state index is 5.66. The molecule has 1 fully saturated rings. The summed E-state index contributed by atoms with van der Waals surface area (Å²) < 4.78 is 0.926. The molecule has 94 valence electrons. The van der Waals surface area contributed by atoms with Gasteiger partial charge in [0.15, 0.2) is 0 Å². The van der Waals surface area contributed by atoms with Crippen LogP contribution in [0.25, 0.3) is 0 Å². The van der Waals surface area contributed by atoms with Crippen molar-refractivity contribution in [3.63, 3.8) is 0 Å². The number of hydrogen-bond donors (Lipinski definition) is 1. The second-order valence-electron chi connectivity index (χ2n) is 4.78. The molecule has 2 heterocycles. The van der Waals surface area contributed by atoms with Crippen LogP contribution < -0.4 is 10.6 Å². The average molecular weight is 299 g/mol. The van der Waals surface area contributed by atoms with Gasteiger partial charge in [-0.2, -0.15) is 4.98 Å². The molecule has 0 radical (unpaired) electrons. The van der Waals surface area contributed by atoms with Crippen molar-refractivity contribution in [3.8, 4) is 0 Å². The van der Waals surface area contributed by atoms with Gasteiger partial charge in [-0.05, 0) is 40.6 Å². The molecule has 0 spiro atoms. The molecule has 1 saturated heterocycles. The average Bonchev–Trinajstić information content (AvgIpc) is 2.77. The SMILES string of the molecule is CCC1(CC)CCN(c2nc(N)ncc2Br)C1. The number of nitrogens with two attached hydrogens (primary N) is 1. The van der Waals surface area contributed by atoms with Crippen LogP contribution >= 0.6 is 15.9 Å². The van der Waals surface area contributed by atoms with Crippen molar-refractivity contribution in [2.45, 2.75) is 33.1 Å². The minimum absolute atomic E-state index is 0.341. The highest BCUT2D eigenvalue weighted by Gasteiger charge is 2.36. The van der Waals surface area contributed by atoms with E-state index < -0.39 is 0 Å². The molecule has 0 saturated carbocycles. The topological polar surface area (TPSA) is 55.0 Å². The van der Waals surface area contributed by atoms with Crippen molar-refractivity contribution in [1.29, 1.82) is 0 Å². The number of anilines is 2. The van der Waals surface area contributed by atoms with Crippen LogP contribution in [0.2, 0.25) is 0 Å². The zero-order chi connectivity index (χ0) is 12.5. The summed E-state index contributed by atoms with van der Waals surface area (Å²) in [5.41, 5.74) is 6.10. The molecule has 0 atom stereocenters. The van der Waals surface area contributed by atoms with Crippen molar-refractivity contribution in [1.82, 2.24) is 9.97 Å². The van der Waals surface area contributed by atoms with E-state index in [1.165, 1.54) is 19.3 Å². The summed E-state index contributed by atoms with van der Waals surface area (Å²) in [5, 5.41) is 0. The second kappa shape index (κ2) is 4.80. The minimum atomic E-state index is 0.341. The maximum Gasteiger partial charge on any atom is 0.222 e. The first-order valence-electron chi connectivity index (χ1n) is 6.13. The summed E-state index contributed by atoms with van der Waals surface area (Å²) >= 11 is 3.50. The molecule has 0 bridgehead atoms. The lowest BCUT2D eigenvalue weighted by atomic mass is 9.82. The number of halogens is 1. The largest absolute Gasteiger partial charge is 0.368 e. The van der Waals surface area contributed by atoms with Crippen LogP contribution in [0.3, 0.4) is 0 Å². The fourth-order valence-electron chi connectivity index (χ4n) is 2.54. The molecule has 5 heteroatoms. The summed E-state index contributed by atoms with van der Waals surface area (Å²) in [6, 6.07) is 0. The van der Waals surface area contributed by atoms with Crippen LogP contribution in [0.4, 0.5) is 11.8 Å². The first-order chi connectivity index (χ1) is 8.10. The molecule has 2 N–H and O–H groups in total.